The molecule has 1 saturated carbocycles. The molecule has 0 amide bonds. The molecule has 1 aliphatic rings. The lowest BCUT2D eigenvalue weighted by molar-refractivity contribution is 0.326. The number of nitrogens with one attached hydrogen (secondary N) is 1. The summed E-state index contributed by atoms with van der Waals surface area (Å²) in [7, 11) is 0. The average molecular weight is 337 g/mol. The molecule has 4 heteroatoms. The number of nitrogens with two attached hydrogens (primary N) is 1. The highest BCUT2D eigenvalue weighted by Crippen LogP contribution is 2.26. The Morgan fingerprint density at radius 3 is 2.62 bits per heavy atom. The van der Waals surface area contributed by atoms with Gasteiger partial charge in [0.15, 0.2) is 5.96 Å². The molecule has 0 spiro atoms. The maximum Gasteiger partial charge on any atom is 0.188 e. The molecule has 0 radical (unpaired) electrons. The van der Waals surface area contributed by atoms with Gasteiger partial charge in [-0.3, -0.25) is 4.99 Å². The van der Waals surface area contributed by atoms with Crippen LogP contribution in [0.3, 0.4) is 0 Å². The maximum absolute atomic E-state index is 5.74. The Kier molecular flexibility index (Phi) is 8.70. The predicted molar refractivity (Wildman–Crippen MR) is 81.3 cm³/mol. The second-order valence-corrected chi connectivity index (χ2v) is 4.52. The molecule has 0 aromatic rings. The van der Waals surface area contributed by atoms with E-state index in [0.29, 0.717) is 5.96 Å². The molecule has 16 heavy (non-hydrogen) atoms. The van der Waals surface area contributed by atoms with Crippen molar-refractivity contribution in [1.29, 1.82) is 0 Å². The van der Waals surface area contributed by atoms with Gasteiger partial charge in [0.05, 0.1) is 0 Å². The summed E-state index contributed by atoms with van der Waals surface area (Å²) >= 11 is 0. The lowest BCUT2D eigenvalue weighted by atomic mass is 9.86. The van der Waals surface area contributed by atoms with E-state index in [0.717, 1.165) is 25.4 Å². The topological polar surface area (TPSA) is 50.4 Å². The molecule has 0 bridgehead atoms. The molecule has 0 aromatic heterocycles. The van der Waals surface area contributed by atoms with Crippen LogP contribution in [0, 0.1) is 5.92 Å². The Morgan fingerprint density at radius 1 is 1.44 bits per heavy atom. The zero-order chi connectivity index (χ0) is 11.1. The molecule has 0 saturated heterocycles. The van der Waals surface area contributed by atoms with Crippen molar-refractivity contribution in [1.82, 2.24) is 5.32 Å². The number of allylic oxidation sites excluding steroid dienone is 1. The third-order valence-electron chi connectivity index (χ3n) is 2.75. The molecular formula is C12H24IN3. The van der Waals surface area contributed by atoms with Gasteiger partial charge in [0.1, 0.15) is 0 Å². The fourth-order valence-electron chi connectivity index (χ4n) is 1.52. The highest BCUT2D eigenvalue weighted by atomic mass is 127. The lowest BCUT2D eigenvalue weighted by Crippen LogP contribution is -2.33. The monoisotopic (exact) mass is 337 g/mol. The summed E-state index contributed by atoms with van der Waals surface area (Å²) in [5.74, 6) is 1.40. The smallest absolute Gasteiger partial charge is 0.188 e. The van der Waals surface area contributed by atoms with Gasteiger partial charge in [-0.2, -0.15) is 0 Å². The Hall–Kier alpha value is -0.260. The van der Waals surface area contributed by atoms with Crippen LogP contribution in [0.2, 0.25) is 0 Å². The van der Waals surface area contributed by atoms with Crippen molar-refractivity contribution < 1.29 is 0 Å². The van der Waals surface area contributed by atoms with E-state index in [1.165, 1.54) is 24.8 Å². The van der Waals surface area contributed by atoms with E-state index in [4.69, 9.17) is 5.73 Å². The summed E-state index contributed by atoms with van der Waals surface area (Å²) < 4.78 is 0. The van der Waals surface area contributed by atoms with E-state index >= 15 is 0 Å². The van der Waals surface area contributed by atoms with E-state index < -0.39 is 0 Å². The molecule has 3 N–H and O–H groups in total. The molecule has 0 unspecified atom stereocenters. The molecule has 3 nitrogen and oxygen atoms in total. The highest BCUT2D eigenvalue weighted by molar-refractivity contribution is 14.0. The summed E-state index contributed by atoms with van der Waals surface area (Å²) in [5, 5.41) is 3.12. The van der Waals surface area contributed by atoms with Crippen molar-refractivity contribution >= 4 is 29.9 Å². The highest BCUT2D eigenvalue weighted by Gasteiger charge is 2.16. The van der Waals surface area contributed by atoms with E-state index in [9.17, 15) is 0 Å². The van der Waals surface area contributed by atoms with Gasteiger partial charge in [0.2, 0.25) is 0 Å². The van der Waals surface area contributed by atoms with E-state index in [1.807, 2.05) is 0 Å². The number of guanidine groups is 1. The van der Waals surface area contributed by atoms with Crippen LogP contribution >= 0.6 is 24.0 Å². The van der Waals surface area contributed by atoms with Crippen LogP contribution in [0.5, 0.6) is 0 Å². The Balaban J connectivity index is 0.00000225. The summed E-state index contributed by atoms with van der Waals surface area (Å²) in [5.41, 5.74) is 7.08. The number of hydrogen-bond acceptors (Lipinski definition) is 1. The Morgan fingerprint density at radius 2 is 2.12 bits per heavy atom. The van der Waals surface area contributed by atoms with Gasteiger partial charge in [0.25, 0.3) is 0 Å². The number of halogens is 1. The number of aliphatic imine (C=N–C) groups is 1. The van der Waals surface area contributed by atoms with Crippen molar-refractivity contribution in [2.75, 3.05) is 13.1 Å². The van der Waals surface area contributed by atoms with Gasteiger partial charge in [-0.25, -0.2) is 0 Å². The summed E-state index contributed by atoms with van der Waals surface area (Å²) in [6, 6.07) is 0. The quantitative estimate of drug-likeness (QED) is 0.266. The number of nitrogens with zero attached hydrogens (tertiary/aromatic N) is 1. The molecule has 0 heterocycles. The van der Waals surface area contributed by atoms with Crippen LogP contribution in [0.4, 0.5) is 0 Å². The van der Waals surface area contributed by atoms with Crippen LogP contribution in [0.25, 0.3) is 0 Å². The lowest BCUT2D eigenvalue weighted by Gasteiger charge is -2.23. The Bertz CT molecular complexity index is 241. The van der Waals surface area contributed by atoms with E-state index in [2.05, 4.69) is 30.2 Å². The first kappa shape index (κ1) is 15.7. The first-order chi connectivity index (χ1) is 7.18. The average Bonchev–Trinajstić information content (AvgIpc) is 2.09. The molecule has 1 aliphatic carbocycles. The molecule has 1 fully saturated rings. The summed E-state index contributed by atoms with van der Waals surface area (Å²) in [6.07, 6.45) is 7.24. The number of hydrogen-bond donors (Lipinski definition) is 2. The first-order valence-electron chi connectivity index (χ1n) is 5.85. The molecule has 0 atom stereocenters. The van der Waals surface area contributed by atoms with Crippen molar-refractivity contribution in [3.8, 4) is 0 Å². The summed E-state index contributed by atoms with van der Waals surface area (Å²) in [6.45, 7) is 5.99. The van der Waals surface area contributed by atoms with Crippen molar-refractivity contribution in [2.24, 2.45) is 16.6 Å². The van der Waals surface area contributed by atoms with E-state index in [-0.39, 0.29) is 24.0 Å². The Labute approximate surface area is 116 Å². The molecular weight excluding hydrogens is 313 g/mol. The minimum Gasteiger partial charge on any atom is -0.370 e. The van der Waals surface area contributed by atoms with Gasteiger partial charge >= 0.3 is 0 Å². The van der Waals surface area contributed by atoms with Gasteiger partial charge in [-0.1, -0.05) is 18.1 Å². The summed E-state index contributed by atoms with van der Waals surface area (Å²) in [4.78, 5) is 4.33. The van der Waals surface area contributed by atoms with Crippen LogP contribution in [-0.4, -0.2) is 19.0 Å². The second kappa shape index (κ2) is 8.84. The maximum atomic E-state index is 5.74. The standard InChI is InChI=1S/C12H23N3.HI/c1-10(2)5-4-8-14-12(13)15-9-11-6-3-7-11;/h5,11H,3-4,6-9H2,1-2H3,(H3,13,14,15);1H. The van der Waals surface area contributed by atoms with Crippen molar-refractivity contribution in [3.63, 3.8) is 0 Å². The first-order valence-corrected chi connectivity index (χ1v) is 5.85. The van der Waals surface area contributed by atoms with Crippen LogP contribution in [-0.2, 0) is 0 Å². The molecule has 1 rings (SSSR count). The third-order valence-corrected chi connectivity index (χ3v) is 2.75. The van der Waals surface area contributed by atoms with Crippen LogP contribution < -0.4 is 11.1 Å². The number of rotatable bonds is 5. The second-order valence-electron chi connectivity index (χ2n) is 4.52. The van der Waals surface area contributed by atoms with Gasteiger partial charge < -0.3 is 11.1 Å². The van der Waals surface area contributed by atoms with Gasteiger partial charge in [-0.05, 0) is 39.0 Å². The van der Waals surface area contributed by atoms with Crippen molar-refractivity contribution in [3.05, 3.63) is 11.6 Å². The zero-order valence-electron chi connectivity index (χ0n) is 10.3. The third kappa shape index (κ3) is 7.09. The minimum absolute atomic E-state index is 0. The van der Waals surface area contributed by atoms with Gasteiger partial charge in [0, 0.05) is 13.1 Å². The molecule has 94 valence electrons. The molecule has 0 aromatic carbocycles. The zero-order valence-corrected chi connectivity index (χ0v) is 12.7. The fraction of sp³-hybridized carbons (Fsp3) is 0.750. The fourth-order valence-corrected chi connectivity index (χ4v) is 1.52. The van der Waals surface area contributed by atoms with E-state index in [1.54, 1.807) is 0 Å². The normalized spacial score (nSPS) is 16.0. The largest absolute Gasteiger partial charge is 0.370 e. The molecule has 0 aliphatic heterocycles. The van der Waals surface area contributed by atoms with Crippen molar-refractivity contribution in [2.45, 2.75) is 39.5 Å². The SMILES string of the molecule is CC(C)=CCCNC(N)=NCC1CCC1.I. The minimum atomic E-state index is 0. The van der Waals surface area contributed by atoms with Crippen LogP contribution in [0.15, 0.2) is 16.6 Å². The van der Waals surface area contributed by atoms with Crippen LogP contribution in [0.1, 0.15) is 39.5 Å². The predicted octanol–water partition coefficient (Wildman–Crippen LogP) is 2.67. The van der Waals surface area contributed by atoms with Gasteiger partial charge in [-0.15, -0.1) is 24.0 Å².